The van der Waals surface area contributed by atoms with Crippen LogP contribution in [-0.4, -0.2) is 54.9 Å². The van der Waals surface area contributed by atoms with Crippen molar-refractivity contribution in [2.45, 2.75) is 12.5 Å². The third kappa shape index (κ3) is 7.95. The first-order valence-corrected chi connectivity index (χ1v) is 8.26. The van der Waals surface area contributed by atoms with Gasteiger partial charge in [-0.1, -0.05) is 30.3 Å². The zero-order chi connectivity index (χ0) is 18.1. The van der Waals surface area contributed by atoms with Crippen molar-refractivity contribution in [2.24, 2.45) is 0 Å². The molecule has 1 heterocycles. The Hall–Kier alpha value is -2.15. The summed E-state index contributed by atoms with van der Waals surface area (Å²) in [6.45, 7) is 1.26. The smallest absolute Gasteiger partial charge is 0.253 e. The van der Waals surface area contributed by atoms with Gasteiger partial charge in [0.15, 0.2) is 0 Å². The Balaban J connectivity index is 0.00000338. The third-order valence-corrected chi connectivity index (χ3v) is 3.88. The van der Waals surface area contributed by atoms with Crippen molar-refractivity contribution in [3.05, 3.63) is 66.0 Å². The second kappa shape index (κ2) is 13.1. The van der Waals surface area contributed by atoms with Crippen molar-refractivity contribution in [1.29, 1.82) is 0 Å². The van der Waals surface area contributed by atoms with E-state index in [1.54, 1.807) is 30.3 Å². The number of hydrogen-bond acceptors (Lipinski definition) is 4. The van der Waals surface area contributed by atoms with Gasteiger partial charge in [0.2, 0.25) is 5.91 Å². The zero-order valence-corrected chi connectivity index (χ0v) is 17.1. The fraction of sp³-hybridized carbons (Fsp3) is 0.316. The van der Waals surface area contributed by atoms with E-state index in [1.807, 2.05) is 37.4 Å². The van der Waals surface area contributed by atoms with Crippen LogP contribution in [-0.2, 0) is 11.2 Å². The highest BCUT2D eigenvalue weighted by Crippen LogP contribution is 2.07. The maximum absolute atomic E-state index is 12.8. The number of aromatic nitrogens is 1. The standard InChI is InChI=1S/C19H24N4O2.2ClH/c1-20-11-12-23(2)19(25)17(13-15-7-4-3-5-8-15)22-18(24)16-9-6-10-21-14-16;;/h3-10,14,17,20H,11-13H2,1-2H3,(H,22,24);2*1H. The highest BCUT2D eigenvalue weighted by atomic mass is 35.5. The monoisotopic (exact) mass is 412 g/mol. The average molecular weight is 413 g/mol. The number of hydrogen-bond donors (Lipinski definition) is 2. The van der Waals surface area contributed by atoms with Crippen LogP contribution in [0.25, 0.3) is 0 Å². The van der Waals surface area contributed by atoms with Crippen LogP contribution in [0.5, 0.6) is 0 Å². The van der Waals surface area contributed by atoms with Gasteiger partial charge < -0.3 is 15.5 Å². The molecule has 0 spiro atoms. The molecule has 2 rings (SSSR count). The predicted octanol–water partition coefficient (Wildman–Crippen LogP) is 1.94. The van der Waals surface area contributed by atoms with Gasteiger partial charge in [0.05, 0.1) is 5.56 Å². The van der Waals surface area contributed by atoms with Crippen LogP contribution in [0.15, 0.2) is 54.9 Å². The van der Waals surface area contributed by atoms with E-state index in [2.05, 4.69) is 15.6 Å². The molecule has 0 aliphatic rings. The molecule has 148 valence electrons. The van der Waals surface area contributed by atoms with E-state index in [4.69, 9.17) is 0 Å². The summed E-state index contributed by atoms with van der Waals surface area (Å²) in [5, 5.41) is 5.87. The van der Waals surface area contributed by atoms with Crippen molar-refractivity contribution in [3.63, 3.8) is 0 Å². The lowest BCUT2D eigenvalue weighted by atomic mass is 10.0. The van der Waals surface area contributed by atoms with Crippen molar-refractivity contribution < 1.29 is 9.59 Å². The minimum Gasteiger partial charge on any atom is -0.343 e. The molecule has 0 radical (unpaired) electrons. The van der Waals surface area contributed by atoms with Crippen molar-refractivity contribution in [3.8, 4) is 0 Å². The molecule has 0 aliphatic heterocycles. The maximum atomic E-state index is 12.8. The van der Waals surface area contributed by atoms with Gasteiger partial charge in [0.25, 0.3) is 5.91 Å². The lowest BCUT2D eigenvalue weighted by Gasteiger charge is -2.25. The van der Waals surface area contributed by atoms with Crippen molar-refractivity contribution in [2.75, 3.05) is 27.2 Å². The molecule has 1 aromatic carbocycles. The lowest BCUT2D eigenvalue weighted by molar-refractivity contribution is -0.131. The second-order valence-corrected chi connectivity index (χ2v) is 5.82. The fourth-order valence-electron chi connectivity index (χ4n) is 2.44. The molecule has 0 bridgehead atoms. The molecular formula is C19H26Cl2N4O2. The van der Waals surface area contributed by atoms with Gasteiger partial charge in [0, 0.05) is 39.0 Å². The Morgan fingerprint density at radius 2 is 1.81 bits per heavy atom. The van der Waals surface area contributed by atoms with Crippen molar-refractivity contribution in [1.82, 2.24) is 20.5 Å². The van der Waals surface area contributed by atoms with E-state index < -0.39 is 6.04 Å². The Morgan fingerprint density at radius 3 is 2.41 bits per heavy atom. The highest BCUT2D eigenvalue weighted by molar-refractivity contribution is 5.97. The summed E-state index contributed by atoms with van der Waals surface area (Å²) < 4.78 is 0. The first-order valence-electron chi connectivity index (χ1n) is 8.26. The Morgan fingerprint density at radius 1 is 1.11 bits per heavy atom. The van der Waals surface area contributed by atoms with Gasteiger partial charge in [-0.2, -0.15) is 0 Å². The first kappa shape index (κ1) is 24.8. The van der Waals surface area contributed by atoms with Gasteiger partial charge >= 0.3 is 0 Å². The topological polar surface area (TPSA) is 74.3 Å². The van der Waals surface area contributed by atoms with E-state index in [0.717, 1.165) is 5.56 Å². The molecule has 1 aromatic heterocycles. The number of carbonyl (C=O) groups is 2. The molecule has 1 unspecified atom stereocenters. The molecule has 27 heavy (non-hydrogen) atoms. The molecule has 6 nitrogen and oxygen atoms in total. The number of likely N-dealkylation sites (N-methyl/N-ethyl adjacent to an activating group) is 2. The summed E-state index contributed by atoms with van der Waals surface area (Å²) in [7, 11) is 3.58. The minimum absolute atomic E-state index is 0. The van der Waals surface area contributed by atoms with E-state index in [0.29, 0.717) is 25.1 Å². The molecule has 0 aliphatic carbocycles. The molecule has 0 saturated heterocycles. The van der Waals surface area contributed by atoms with Gasteiger partial charge in [-0.15, -0.1) is 24.8 Å². The lowest BCUT2D eigenvalue weighted by Crippen LogP contribution is -2.49. The normalized spacial score (nSPS) is 10.7. The van der Waals surface area contributed by atoms with Gasteiger partial charge in [0.1, 0.15) is 6.04 Å². The van der Waals surface area contributed by atoms with Crippen LogP contribution < -0.4 is 10.6 Å². The van der Waals surface area contributed by atoms with Crippen LogP contribution in [0.1, 0.15) is 15.9 Å². The zero-order valence-electron chi connectivity index (χ0n) is 15.4. The first-order chi connectivity index (χ1) is 12.1. The van der Waals surface area contributed by atoms with Gasteiger partial charge in [-0.25, -0.2) is 0 Å². The van der Waals surface area contributed by atoms with E-state index in [-0.39, 0.29) is 36.6 Å². The SMILES string of the molecule is CNCCN(C)C(=O)C(Cc1ccccc1)NC(=O)c1cccnc1.Cl.Cl. The molecule has 2 aromatic rings. The molecule has 1 atom stereocenters. The van der Waals surface area contributed by atoms with Crippen LogP contribution in [0.4, 0.5) is 0 Å². The highest BCUT2D eigenvalue weighted by Gasteiger charge is 2.24. The van der Waals surface area contributed by atoms with Crippen LogP contribution in [0, 0.1) is 0 Å². The molecule has 2 N–H and O–H groups in total. The largest absolute Gasteiger partial charge is 0.343 e. The molecular weight excluding hydrogens is 387 g/mol. The summed E-state index contributed by atoms with van der Waals surface area (Å²) in [6.07, 6.45) is 3.54. The van der Waals surface area contributed by atoms with Crippen LogP contribution >= 0.6 is 24.8 Å². The summed E-state index contributed by atoms with van der Waals surface area (Å²) in [4.78, 5) is 30.8. The van der Waals surface area contributed by atoms with E-state index in [9.17, 15) is 9.59 Å². The average Bonchev–Trinajstić information content (AvgIpc) is 2.66. The van der Waals surface area contributed by atoms with Crippen LogP contribution in [0.2, 0.25) is 0 Å². The second-order valence-electron chi connectivity index (χ2n) is 5.82. The Labute approximate surface area is 172 Å². The van der Waals surface area contributed by atoms with Gasteiger partial charge in [-0.05, 0) is 24.7 Å². The molecule has 8 heteroatoms. The van der Waals surface area contributed by atoms with Crippen LogP contribution in [0.3, 0.4) is 0 Å². The predicted molar refractivity (Wildman–Crippen MR) is 112 cm³/mol. The Kier molecular flexibility index (Phi) is 12.0. The summed E-state index contributed by atoms with van der Waals surface area (Å²) >= 11 is 0. The number of nitrogens with one attached hydrogen (secondary N) is 2. The van der Waals surface area contributed by atoms with E-state index in [1.165, 1.54) is 6.20 Å². The molecule has 0 saturated carbocycles. The number of rotatable bonds is 8. The number of nitrogens with zero attached hydrogens (tertiary/aromatic N) is 2. The number of amides is 2. The quantitative estimate of drug-likeness (QED) is 0.694. The summed E-state index contributed by atoms with van der Waals surface area (Å²) in [5.41, 5.74) is 1.43. The van der Waals surface area contributed by atoms with Gasteiger partial charge in [-0.3, -0.25) is 14.6 Å². The maximum Gasteiger partial charge on any atom is 0.253 e. The van der Waals surface area contributed by atoms with Crippen molar-refractivity contribution >= 4 is 36.6 Å². The fourth-order valence-corrected chi connectivity index (χ4v) is 2.44. The number of pyridine rings is 1. The Bertz CT molecular complexity index is 687. The number of carbonyl (C=O) groups excluding carboxylic acids is 2. The minimum atomic E-state index is -0.628. The summed E-state index contributed by atoms with van der Waals surface area (Å²) in [6, 6.07) is 12.4. The number of benzene rings is 1. The third-order valence-electron chi connectivity index (χ3n) is 3.88. The number of halogens is 2. The summed E-state index contributed by atoms with van der Waals surface area (Å²) in [5.74, 6) is -0.416. The molecule has 2 amide bonds. The molecule has 0 fully saturated rings. The van der Waals surface area contributed by atoms with E-state index >= 15 is 0 Å².